The predicted octanol–water partition coefficient (Wildman–Crippen LogP) is 3.28. The van der Waals surface area contributed by atoms with Crippen molar-refractivity contribution in [3.8, 4) is 0 Å². The number of halogens is 1. The summed E-state index contributed by atoms with van der Waals surface area (Å²) in [6, 6.07) is 2.48. The van der Waals surface area contributed by atoms with Crippen LogP contribution in [-0.2, 0) is 0 Å². The minimum absolute atomic E-state index is 0. The summed E-state index contributed by atoms with van der Waals surface area (Å²) < 4.78 is 0. The minimum atomic E-state index is 0. The second-order valence-electron chi connectivity index (χ2n) is 3.68. The molecule has 1 saturated carbocycles. The SMILES string of the molecule is Cc1ccsc1C(N)C1CCC1.Cl. The number of rotatable bonds is 2. The first kappa shape index (κ1) is 11.0. The fourth-order valence-electron chi connectivity index (χ4n) is 1.74. The number of hydrogen-bond donors (Lipinski definition) is 1. The Morgan fingerprint density at radius 3 is 2.62 bits per heavy atom. The summed E-state index contributed by atoms with van der Waals surface area (Å²) in [4.78, 5) is 1.40. The standard InChI is InChI=1S/C10H15NS.ClH/c1-7-5-6-12-10(7)9(11)8-3-2-4-8;/h5-6,8-9H,2-4,11H2,1H3;1H. The molecule has 13 heavy (non-hydrogen) atoms. The van der Waals surface area contributed by atoms with Crippen LogP contribution in [-0.4, -0.2) is 0 Å². The molecule has 1 atom stereocenters. The molecule has 1 unspecified atom stereocenters. The van der Waals surface area contributed by atoms with Gasteiger partial charge < -0.3 is 5.73 Å². The third kappa shape index (κ3) is 2.06. The largest absolute Gasteiger partial charge is 0.323 e. The summed E-state index contributed by atoms with van der Waals surface area (Å²) >= 11 is 1.81. The lowest BCUT2D eigenvalue weighted by Gasteiger charge is -2.31. The van der Waals surface area contributed by atoms with Crippen molar-refractivity contribution < 1.29 is 0 Å². The van der Waals surface area contributed by atoms with Crippen molar-refractivity contribution in [2.45, 2.75) is 32.2 Å². The lowest BCUT2D eigenvalue weighted by Crippen LogP contribution is -2.26. The van der Waals surface area contributed by atoms with Crippen LogP contribution in [0.4, 0.5) is 0 Å². The molecule has 0 aliphatic heterocycles. The average Bonchev–Trinajstić information content (AvgIpc) is 2.31. The van der Waals surface area contributed by atoms with Gasteiger partial charge >= 0.3 is 0 Å². The van der Waals surface area contributed by atoms with Crippen molar-refractivity contribution in [1.82, 2.24) is 0 Å². The molecule has 1 heterocycles. The number of thiophene rings is 1. The summed E-state index contributed by atoms with van der Waals surface area (Å²) in [7, 11) is 0. The first-order valence-corrected chi connectivity index (χ1v) is 5.46. The third-order valence-corrected chi connectivity index (χ3v) is 3.98. The Morgan fingerprint density at radius 1 is 1.54 bits per heavy atom. The van der Waals surface area contributed by atoms with Gasteiger partial charge in [-0.05, 0) is 42.7 Å². The molecule has 0 radical (unpaired) electrons. The van der Waals surface area contributed by atoms with E-state index in [2.05, 4.69) is 18.4 Å². The number of hydrogen-bond acceptors (Lipinski definition) is 2. The van der Waals surface area contributed by atoms with Gasteiger partial charge in [-0.2, -0.15) is 0 Å². The van der Waals surface area contributed by atoms with Crippen molar-refractivity contribution in [3.05, 3.63) is 21.9 Å². The quantitative estimate of drug-likeness (QED) is 0.809. The van der Waals surface area contributed by atoms with Gasteiger partial charge in [0.2, 0.25) is 0 Å². The molecule has 1 aliphatic carbocycles. The maximum atomic E-state index is 6.16. The summed E-state index contributed by atoms with van der Waals surface area (Å²) in [6.45, 7) is 2.16. The van der Waals surface area contributed by atoms with E-state index in [4.69, 9.17) is 5.73 Å². The van der Waals surface area contributed by atoms with E-state index in [0.717, 1.165) is 5.92 Å². The van der Waals surface area contributed by atoms with E-state index in [1.54, 1.807) is 0 Å². The van der Waals surface area contributed by atoms with Crippen LogP contribution >= 0.6 is 23.7 Å². The van der Waals surface area contributed by atoms with Crippen LogP contribution < -0.4 is 5.73 Å². The fourth-order valence-corrected chi connectivity index (χ4v) is 2.76. The highest BCUT2D eigenvalue weighted by atomic mass is 35.5. The van der Waals surface area contributed by atoms with E-state index < -0.39 is 0 Å². The number of aryl methyl sites for hydroxylation is 1. The monoisotopic (exact) mass is 217 g/mol. The maximum absolute atomic E-state index is 6.16. The second kappa shape index (κ2) is 4.45. The van der Waals surface area contributed by atoms with E-state index >= 15 is 0 Å². The summed E-state index contributed by atoms with van der Waals surface area (Å²) in [5.41, 5.74) is 7.53. The first-order chi connectivity index (χ1) is 5.79. The van der Waals surface area contributed by atoms with Gasteiger partial charge in [-0.25, -0.2) is 0 Å². The lowest BCUT2D eigenvalue weighted by molar-refractivity contribution is 0.266. The molecular formula is C10H16ClNS. The van der Waals surface area contributed by atoms with Crippen molar-refractivity contribution >= 4 is 23.7 Å². The Bertz CT molecular complexity index is 268. The molecule has 0 saturated heterocycles. The highest BCUT2D eigenvalue weighted by Gasteiger charge is 2.26. The van der Waals surface area contributed by atoms with Crippen LogP contribution in [0.15, 0.2) is 11.4 Å². The first-order valence-electron chi connectivity index (χ1n) is 4.58. The zero-order valence-electron chi connectivity index (χ0n) is 7.82. The molecule has 2 rings (SSSR count). The second-order valence-corrected chi connectivity index (χ2v) is 4.63. The lowest BCUT2D eigenvalue weighted by atomic mass is 9.79. The number of nitrogens with two attached hydrogens (primary N) is 1. The van der Waals surface area contributed by atoms with Gasteiger partial charge in [0.1, 0.15) is 0 Å². The smallest absolute Gasteiger partial charge is 0.0421 e. The highest BCUT2D eigenvalue weighted by Crippen LogP contribution is 2.38. The molecule has 74 valence electrons. The van der Waals surface area contributed by atoms with Crippen LogP contribution in [0.3, 0.4) is 0 Å². The molecule has 0 aromatic carbocycles. The molecule has 1 aromatic heterocycles. The van der Waals surface area contributed by atoms with Crippen LogP contribution in [0.1, 0.15) is 35.7 Å². The van der Waals surface area contributed by atoms with Gasteiger partial charge in [0.25, 0.3) is 0 Å². The molecule has 1 aliphatic rings. The zero-order valence-corrected chi connectivity index (χ0v) is 9.46. The summed E-state index contributed by atoms with van der Waals surface area (Å²) in [6.07, 6.45) is 4.04. The van der Waals surface area contributed by atoms with Gasteiger partial charge in [0, 0.05) is 10.9 Å². The van der Waals surface area contributed by atoms with Crippen LogP contribution in [0, 0.1) is 12.8 Å². The molecule has 3 heteroatoms. The van der Waals surface area contributed by atoms with E-state index in [-0.39, 0.29) is 12.4 Å². The topological polar surface area (TPSA) is 26.0 Å². The molecular weight excluding hydrogens is 202 g/mol. The molecule has 0 spiro atoms. The van der Waals surface area contributed by atoms with E-state index in [0.29, 0.717) is 6.04 Å². The van der Waals surface area contributed by atoms with Gasteiger partial charge in [0.05, 0.1) is 0 Å². The van der Waals surface area contributed by atoms with Gasteiger partial charge in [0.15, 0.2) is 0 Å². The Labute approximate surface area is 89.7 Å². The molecule has 1 fully saturated rings. The Balaban J connectivity index is 0.000000845. The Hall–Kier alpha value is -0.0500. The average molecular weight is 218 g/mol. The van der Waals surface area contributed by atoms with Gasteiger partial charge in [-0.15, -0.1) is 23.7 Å². The van der Waals surface area contributed by atoms with Crippen LogP contribution in [0.2, 0.25) is 0 Å². The third-order valence-electron chi connectivity index (χ3n) is 2.86. The maximum Gasteiger partial charge on any atom is 0.0421 e. The predicted molar refractivity (Wildman–Crippen MR) is 60.6 cm³/mol. The van der Waals surface area contributed by atoms with Crippen molar-refractivity contribution in [1.29, 1.82) is 0 Å². The highest BCUT2D eigenvalue weighted by molar-refractivity contribution is 7.10. The van der Waals surface area contributed by atoms with Crippen molar-refractivity contribution in [2.24, 2.45) is 11.7 Å². The molecule has 0 amide bonds. The summed E-state index contributed by atoms with van der Waals surface area (Å²) in [5, 5.41) is 2.14. The van der Waals surface area contributed by atoms with Crippen LogP contribution in [0.25, 0.3) is 0 Å². The van der Waals surface area contributed by atoms with Crippen molar-refractivity contribution in [2.75, 3.05) is 0 Å². The van der Waals surface area contributed by atoms with Gasteiger partial charge in [-0.1, -0.05) is 6.42 Å². The molecule has 0 bridgehead atoms. The summed E-state index contributed by atoms with van der Waals surface area (Å²) in [5.74, 6) is 0.766. The Morgan fingerprint density at radius 2 is 2.23 bits per heavy atom. The van der Waals surface area contributed by atoms with E-state index in [1.807, 2.05) is 11.3 Å². The zero-order chi connectivity index (χ0) is 8.55. The Kier molecular flexibility index (Phi) is 3.77. The van der Waals surface area contributed by atoms with Gasteiger partial charge in [-0.3, -0.25) is 0 Å². The normalized spacial score (nSPS) is 18.9. The molecule has 1 nitrogen and oxygen atoms in total. The van der Waals surface area contributed by atoms with Crippen LogP contribution in [0.5, 0.6) is 0 Å². The fraction of sp³-hybridized carbons (Fsp3) is 0.600. The molecule has 1 aromatic rings. The minimum Gasteiger partial charge on any atom is -0.323 e. The van der Waals surface area contributed by atoms with E-state index in [9.17, 15) is 0 Å². The van der Waals surface area contributed by atoms with Crippen molar-refractivity contribution in [3.63, 3.8) is 0 Å². The molecule has 2 N–H and O–H groups in total. The van der Waals surface area contributed by atoms with E-state index in [1.165, 1.54) is 29.7 Å².